The predicted octanol–water partition coefficient (Wildman–Crippen LogP) is 5.31. The van der Waals surface area contributed by atoms with Gasteiger partial charge in [-0.15, -0.1) is 0 Å². The Labute approximate surface area is 186 Å². The quantitative estimate of drug-likeness (QED) is 0.411. The highest BCUT2D eigenvalue weighted by atomic mass is 19.1. The first-order valence-corrected chi connectivity index (χ1v) is 10.7. The number of nitrogens with one attached hydrogen (secondary N) is 1. The van der Waals surface area contributed by atoms with E-state index in [0.717, 1.165) is 22.6 Å². The van der Waals surface area contributed by atoms with Gasteiger partial charge >= 0.3 is 0 Å². The van der Waals surface area contributed by atoms with Crippen LogP contribution in [-0.4, -0.2) is 22.1 Å². The fourth-order valence-electron chi connectivity index (χ4n) is 3.71. The largest absolute Gasteiger partial charge is 0.491 e. The summed E-state index contributed by atoms with van der Waals surface area (Å²) >= 11 is 0. The van der Waals surface area contributed by atoms with Crippen LogP contribution in [0.5, 0.6) is 5.75 Å². The van der Waals surface area contributed by atoms with Crippen molar-refractivity contribution in [2.75, 3.05) is 6.61 Å². The summed E-state index contributed by atoms with van der Waals surface area (Å²) < 4.78 is 21.3. The average Bonchev–Trinajstić information content (AvgIpc) is 3.15. The lowest BCUT2D eigenvalue weighted by molar-refractivity contribution is 0.0949. The van der Waals surface area contributed by atoms with Crippen LogP contribution in [0.1, 0.15) is 41.5 Å². The van der Waals surface area contributed by atoms with E-state index in [2.05, 4.69) is 29.8 Å². The van der Waals surface area contributed by atoms with E-state index in [-0.39, 0.29) is 18.3 Å². The van der Waals surface area contributed by atoms with Crippen LogP contribution in [0.4, 0.5) is 4.39 Å². The summed E-state index contributed by atoms with van der Waals surface area (Å²) in [4.78, 5) is 17.2. The molecule has 1 amide bonds. The van der Waals surface area contributed by atoms with E-state index in [1.807, 2.05) is 42.5 Å². The maximum Gasteiger partial charge on any atom is 0.251 e. The fraction of sp³-hybridized carbons (Fsp3) is 0.231. The Bertz CT molecular complexity index is 1220. The molecule has 0 aliphatic heterocycles. The van der Waals surface area contributed by atoms with Crippen molar-refractivity contribution in [1.29, 1.82) is 0 Å². The number of ether oxygens (including phenoxy) is 1. The van der Waals surface area contributed by atoms with Gasteiger partial charge in [0.15, 0.2) is 0 Å². The zero-order valence-electron chi connectivity index (χ0n) is 18.2. The van der Waals surface area contributed by atoms with Gasteiger partial charge in [-0.05, 0) is 53.9 Å². The van der Waals surface area contributed by atoms with Crippen molar-refractivity contribution in [2.45, 2.75) is 32.9 Å². The van der Waals surface area contributed by atoms with Gasteiger partial charge < -0.3 is 14.6 Å². The lowest BCUT2D eigenvalue weighted by atomic mass is 10.0. The molecular formula is C26H26FN3O2. The van der Waals surface area contributed by atoms with E-state index in [4.69, 9.17) is 9.72 Å². The number of carbonyl (C=O) groups is 1. The summed E-state index contributed by atoms with van der Waals surface area (Å²) in [5.74, 6) is 1.35. The van der Waals surface area contributed by atoms with Gasteiger partial charge in [0.2, 0.25) is 0 Å². The molecule has 1 heterocycles. The maximum absolute atomic E-state index is 13.1. The molecule has 5 nitrogen and oxygen atoms in total. The summed E-state index contributed by atoms with van der Waals surface area (Å²) in [7, 11) is 0. The molecule has 32 heavy (non-hydrogen) atoms. The van der Waals surface area contributed by atoms with E-state index in [9.17, 15) is 9.18 Å². The number of nitrogens with zero attached hydrogens (tertiary/aromatic N) is 2. The van der Waals surface area contributed by atoms with Gasteiger partial charge in [-0.1, -0.05) is 44.2 Å². The number of amides is 1. The van der Waals surface area contributed by atoms with E-state index in [1.165, 1.54) is 29.8 Å². The summed E-state index contributed by atoms with van der Waals surface area (Å²) in [6.45, 7) is 5.62. The molecule has 4 rings (SSSR count). The monoisotopic (exact) mass is 431 g/mol. The highest BCUT2D eigenvalue weighted by Gasteiger charge is 2.13. The number of fused-ring (bicyclic) bond motifs is 1. The van der Waals surface area contributed by atoms with Crippen LogP contribution >= 0.6 is 0 Å². The Morgan fingerprint density at radius 2 is 1.75 bits per heavy atom. The second kappa shape index (κ2) is 9.64. The van der Waals surface area contributed by atoms with E-state index in [1.54, 1.807) is 0 Å². The molecule has 1 aromatic heterocycles. The highest BCUT2D eigenvalue weighted by molar-refractivity contribution is 5.94. The second-order valence-electron chi connectivity index (χ2n) is 7.90. The van der Waals surface area contributed by atoms with Gasteiger partial charge in [-0.2, -0.15) is 0 Å². The van der Waals surface area contributed by atoms with Gasteiger partial charge in [0.1, 0.15) is 24.0 Å². The fourth-order valence-corrected chi connectivity index (χ4v) is 3.71. The molecule has 0 bridgehead atoms. The summed E-state index contributed by atoms with van der Waals surface area (Å²) in [5.41, 5.74) is 3.43. The molecule has 0 spiro atoms. The SMILES string of the molecule is CC(C)c1ccccc1OCCn1c(CNC(=O)c2ccc(F)cc2)nc2ccccc21. The van der Waals surface area contributed by atoms with Gasteiger partial charge in [0, 0.05) is 5.56 Å². The number of rotatable bonds is 8. The number of hydrogen-bond donors (Lipinski definition) is 1. The summed E-state index contributed by atoms with van der Waals surface area (Å²) in [6, 6.07) is 21.4. The zero-order chi connectivity index (χ0) is 22.5. The average molecular weight is 432 g/mol. The molecule has 3 aromatic carbocycles. The van der Waals surface area contributed by atoms with Crippen LogP contribution < -0.4 is 10.1 Å². The van der Waals surface area contributed by atoms with E-state index < -0.39 is 0 Å². The number of para-hydroxylation sites is 3. The zero-order valence-corrected chi connectivity index (χ0v) is 18.2. The topological polar surface area (TPSA) is 56.1 Å². The lowest BCUT2D eigenvalue weighted by Gasteiger charge is -2.15. The number of benzene rings is 3. The Morgan fingerprint density at radius 3 is 2.53 bits per heavy atom. The van der Waals surface area contributed by atoms with Crippen molar-refractivity contribution in [1.82, 2.24) is 14.9 Å². The smallest absolute Gasteiger partial charge is 0.251 e. The maximum atomic E-state index is 13.1. The molecule has 0 saturated heterocycles. The molecule has 4 aromatic rings. The predicted molar refractivity (Wildman–Crippen MR) is 123 cm³/mol. The first-order chi connectivity index (χ1) is 15.5. The number of aromatic nitrogens is 2. The van der Waals surface area contributed by atoms with Crippen molar-refractivity contribution in [3.05, 3.63) is 95.6 Å². The molecule has 164 valence electrons. The summed E-state index contributed by atoms with van der Waals surface area (Å²) in [5, 5.41) is 2.88. The lowest BCUT2D eigenvalue weighted by Crippen LogP contribution is -2.25. The number of carbonyl (C=O) groups excluding carboxylic acids is 1. The first-order valence-electron chi connectivity index (χ1n) is 10.7. The number of hydrogen-bond acceptors (Lipinski definition) is 3. The van der Waals surface area contributed by atoms with Gasteiger partial charge in [0.05, 0.1) is 24.1 Å². The standard InChI is InChI=1S/C26H26FN3O2/c1-18(2)21-7-3-6-10-24(21)32-16-15-30-23-9-5-4-8-22(23)29-25(30)17-28-26(31)19-11-13-20(27)14-12-19/h3-14,18H,15-17H2,1-2H3,(H,28,31). The molecule has 0 aliphatic rings. The van der Waals surface area contributed by atoms with Crippen LogP contribution in [0.3, 0.4) is 0 Å². The normalized spacial score (nSPS) is 11.1. The molecule has 0 fully saturated rings. The van der Waals surface area contributed by atoms with Gasteiger partial charge in [-0.3, -0.25) is 4.79 Å². The minimum atomic E-state index is -0.373. The van der Waals surface area contributed by atoms with Crippen molar-refractivity contribution in [3.63, 3.8) is 0 Å². The number of imidazole rings is 1. The van der Waals surface area contributed by atoms with Crippen LogP contribution in [0.15, 0.2) is 72.8 Å². The van der Waals surface area contributed by atoms with Crippen LogP contribution in [0.2, 0.25) is 0 Å². The van der Waals surface area contributed by atoms with Crippen LogP contribution in [0, 0.1) is 5.82 Å². The molecular weight excluding hydrogens is 405 g/mol. The molecule has 0 atom stereocenters. The molecule has 0 unspecified atom stereocenters. The molecule has 0 saturated carbocycles. The molecule has 0 aliphatic carbocycles. The minimum absolute atomic E-state index is 0.257. The van der Waals surface area contributed by atoms with Gasteiger partial charge in [-0.25, -0.2) is 9.37 Å². The molecule has 1 N–H and O–H groups in total. The van der Waals surface area contributed by atoms with Crippen molar-refractivity contribution in [2.24, 2.45) is 0 Å². The Hall–Kier alpha value is -3.67. The van der Waals surface area contributed by atoms with Crippen molar-refractivity contribution in [3.8, 4) is 5.75 Å². The van der Waals surface area contributed by atoms with Crippen molar-refractivity contribution >= 4 is 16.9 Å². The Morgan fingerprint density at radius 1 is 1.03 bits per heavy atom. The number of halogens is 1. The Balaban J connectivity index is 1.49. The van der Waals surface area contributed by atoms with Gasteiger partial charge in [0.25, 0.3) is 5.91 Å². The molecule has 0 radical (unpaired) electrons. The minimum Gasteiger partial charge on any atom is -0.491 e. The second-order valence-corrected chi connectivity index (χ2v) is 7.90. The third-order valence-electron chi connectivity index (χ3n) is 5.36. The van der Waals surface area contributed by atoms with Crippen molar-refractivity contribution < 1.29 is 13.9 Å². The van der Waals surface area contributed by atoms with E-state index >= 15 is 0 Å². The third kappa shape index (κ3) is 4.80. The molecule has 6 heteroatoms. The summed E-state index contributed by atoms with van der Waals surface area (Å²) in [6.07, 6.45) is 0. The highest BCUT2D eigenvalue weighted by Crippen LogP contribution is 2.26. The Kier molecular flexibility index (Phi) is 6.50. The first kappa shape index (κ1) is 21.6. The van der Waals surface area contributed by atoms with Crippen LogP contribution in [-0.2, 0) is 13.1 Å². The van der Waals surface area contributed by atoms with Crippen LogP contribution in [0.25, 0.3) is 11.0 Å². The van der Waals surface area contributed by atoms with E-state index in [0.29, 0.717) is 24.6 Å². The third-order valence-corrected chi connectivity index (χ3v) is 5.36.